The SMILES string of the molecule is C=C1CCCc2c1ccc1c2ccc2ccccc21.O=C(O)c1ccccc1C(=O)O. The van der Waals surface area contributed by atoms with Crippen LogP contribution in [0.3, 0.4) is 0 Å². The molecule has 1 aliphatic rings. The minimum absolute atomic E-state index is 0.190. The third kappa shape index (κ3) is 3.92. The van der Waals surface area contributed by atoms with E-state index in [0.29, 0.717) is 0 Å². The van der Waals surface area contributed by atoms with Crippen LogP contribution in [-0.2, 0) is 6.42 Å². The lowest BCUT2D eigenvalue weighted by atomic mass is 9.84. The molecule has 0 bridgehead atoms. The lowest BCUT2D eigenvalue weighted by molar-refractivity contribution is 0.0651. The van der Waals surface area contributed by atoms with Gasteiger partial charge in [0.1, 0.15) is 0 Å². The molecular formula is C27H22O4. The molecule has 4 aromatic rings. The molecule has 0 heterocycles. The van der Waals surface area contributed by atoms with Gasteiger partial charge >= 0.3 is 11.9 Å². The van der Waals surface area contributed by atoms with Crippen LogP contribution in [0.5, 0.6) is 0 Å². The summed E-state index contributed by atoms with van der Waals surface area (Å²) in [7, 11) is 0. The molecule has 0 atom stereocenters. The molecule has 0 amide bonds. The van der Waals surface area contributed by atoms with Crippen molar-refractivity contribution in [2.45, 2.75) is 19.3 Å². The van der Waals surface area contributed by atoms with Crippen molar-refractivity contribution in [3.8, 4) is 0 Å². The Balaban J connectivity index is 0.000000168. The van der Waals surface area contributed by atoms with Crippen molar-refractivity contribution in [1.29, 1.82) is 0 Å². The standard InChI is InChI=1S/C19H16.C8H6O4/c1-13-5-4-8-17-15(13)11-12-18-16-7-3-2-6-14(16)9-10-19(17)18;9-7(10)5-3-1-2-4-6(5)8(11)12/h2-3,6-7,9-12H,1,4-5,8H2;1-4H,(H,9,10)(H,11,12). The number of benzene rings is 4. The molecule has 154 valence electrons. The highest BCUT2D eigenvalue weighted by atomic mass is 16.4. The number of hydrogen-bond donors (Lipinski definition) is 2. The van der Waals surface area contributed by atoms with E-state index in [0.717, 1.165) is 6.42 Å². The maximum atomic E-state index is 10.5. The monoisotopic (exact) mass is 410 g/mol. The molecule has 4 aromatic carbocycles. The summed E-state index contributed by atoms with van der Waals surface area (Å²) >= 11 is 0. The largest absolute Gasteiger partial charge is 0.478 e. The van der Waals surface area contributed by atoms with Gasteiger partial charge in [0.05, 0.1) is 11.1 Å². The average Bonchev–Trinajstić information content (AvgIpc) is 2.79. The van der Waals surface area contributed by atoms with Crippen molar-refractivity contribution in [3.05, 3.63) is 102 Å². The number of hydrogen-bond acceptors (Lipinski definition) is 2. The van der Waals surface area contributed by atoms with Crippen LogP contribution >= 0.6 is 0 Å². The highest BCUT2D eigenvalue weighted by Crippen LogP contribution is 2.36. The van der Waals surface area contributed by atoms with Gasteiger partial charge in [-0.3, -0.25) is 0 Å². The first-order valence-electron chi connectivity index (χ1n) is 10.1. The number of carboxylic acids is 2. The zero-order chi connectivity index (χ0) is 22.0. The molecule has 0 radical (unpaired) electrons. The van der Waals surface area contributed by atoms with Gasteiger partial charge in [-0.15, -0.1) is 0 Å². The van der Waals surface area contributed by atoms with E-state index < -0.39 is 11.9 Å². The predicted octanol–water partition coefficient (Wildman–Crippen LogP) is 6.43. The molecule has 31 heavy (non-hydrogen) atoms. The summed E-state index contributed by atoms with van der Waals surface area (Å²) in [4.78, 5) is 20.9. The predicted molar refractivity (Wildman–Crippen MR) is 124 cm³/mol. The van der Waals surface area contributed by atoms with E-state index in [9.17, 15) is 9.59 Å². The smallest absolute Gasteiger partial charge is 0.336 e. The fourth-order valence-electron chi connectivity index (χ4n) is 4.22. The maximum absolute atomic E-state index is 10.5. The highest BCUT2D eigenvalue weighted by molar-refractivity contribution is 6.09. The Morgan fingerprint density at radius 2 is 1.29 bits per heavy atom. The Hall–Kier alpha value is -3.92. The van der Waals surface area contributed by atoms with Crippen molar-refractivity contribution in [3.63, 3.8) is 0 Å². The number of carbonyl (C=O) groups is 2. The lowest BCUT2D eigenvalue weighted by Crippen LogP contribution is -2.06. The Kier molecular flexibility index (Phi) is 5.54. The van der Waals surface area contributed by atoms with E-state index >= 15 is 0 Å². The first-order chi connectivity index (χ1) is 15.0. The van der Waals surface area contributed by atoms with Gasteiger partial charge in [0, 0.05) is 0 Å². The Bertz CT molecular complexity index is 1300. The molecule has 5 rings (SSSR count). The lowest BCUT2D eigenvalue weighted by Gasteiger charge is -2.20. The summed E-state index contributed by atoms with van der Waals surface area (Å²) in [6.45, 7) is 4.22. The van der Waals surface area contributed by atoms with Crippen LogP contribution in [0.25, 0.3) is 27.1 Å². The summed E-state index contributed by atoms with van der Waals surface area (Å²) < 4.78 is 0. The van der Waals surface area contributed by atoms with Gasteiger partial charge in [-0.05, 0) is 69.6 Å². The second kappa shape index (κ2) is 8.44. The van der Waals surface area contributed by atoms with E-state index in [1.54, 1.807) is 0 Å². The van der Waals surface area contributed by atoms with Crippen molar-refractivity contribution < 1.29 is 19.8 Å². The molecule has 0 aliphatic heterocycles. The van der Waals surface area contributed by atoms with E-state index in [4.69, 9.17) is 10.2 Å². The Morgan fingerprint density at radius 3 is 1.97 bits per heavy atom. The summed E-state index contributed by atoms with van der Waals surface area (Å²) in [6.07, 6.45) is 3.56. The van der Waals surface area contributed by atoms with Crippen LogP contribution in [0, 0.1) is 0 Å². The molecule has 0 saturated heterocycles. The number of carboxylic acid groups (broad SMARTS) is 2. The molecule has 0 spiro atoms. The van der Waals surface area contributed by atoms with E-state index in [2.05, 4.69) is 55.1 Å². The van der Waals surface area contributed by atoms with Crippen LogP contribution in [-0.4, -0.2) is 22.2 Å². The molecule has 0 fully saturated rings. The number of aromatic carboxylic acids is 2. The van der Waals surface area contributed by atoms with Gasteiger partial charge in [-0.25, -0.2) is 9.59 Å². The normalized spacial score (nSPS) is 12.7. The molecule has 0 unspecified atom stereocenters. The van der Waals surface area contributed by atoms with Crippen molar-refractivity contribution in [1.82, 2.24) is 0 Å². The maximum Gasteiger partial charge on any atom is 0.336 e. The van der Waals surface area contributed by atoms with E-state index in [1.165, 1.54) is 75.4 Å². The minimum Gasteiger partial charge on any atom is -0.478 e. The molecule has 4 heteroatoms. The zero-order valence-electron chi connectivity index (χ0n) is 17.0. The number of allylic oxidation sites excluding steroid dienone is 1. The highest BCUT2D eigenvalue weighted by Gasteiger charge is 2.16. The van der Waals surface area contributed by atoms with Crippen molar-refractivity contribution in [2.24, 2.45) is 0 Å². The van der Waals surface area contributed by atoms with Gasteiger partial charge in [-0.1, -0.05) is 67.2 Å². The minimum atomic E-state index is -1.23. The van der Waals surface area contributed by atoms with Gasteiger partial charge in [0.25, 0.3) is 0 Å². The Labute approximate surface area is 180 Å². The summed E-state index contributed by atoms with van der Waals surface area (Å²) in [5.74, 6) is -2.46. The number of rotatable bonds is 2. The van der Waals surface area contributed by atoms with E-state index in [1.807, 2.05) is 0 Å². The van der Waals surface area contributed by atoms with Gasteiger partial charge < -0.3 is 10.2 Å². The van der Waals surface area contributed by atoms with Crippen LogP contribution in [0.1, 0.15) is 44.7 Å². The van der Waals surface area contributed by atoms with Crippen molar-refractivity contribution >= 4 is 39.1 Å². The third-order valence-corrected chi connectivity index (χ3v) is 5.71. The van der Waals surface area contributed by atoms with Gasteiger partial charge in [-0.2, -0.15) is 0 Å². The Morgan fingerprint density at radius 1 is 0.677 bits per heavy atom. The van der Waals surface area contributed by atoms with E-state index in [-0.39, 0.29) is 11.1 Å². The summed E-state index contributed by atoms with van der Waals surface area (Å²) in [5, 5.41) is 22.6. The summed E-state index contributed by atoms with van der Waals surface area (Å²) in [6, 6.07) is 23.2. The van der Waals surface area contributed by atoms with Crippen LogP contribution < -0.4 is 0 Å². The topological polar surface area (TPSA) is 74.6 Å². The summed E-state index contributed by atoms with van der Waals surface area (Å²) in [5.41, 5.74) is 3.81. The molecule has 4 nitrogen and oxygen atoms in total. The van der Waals surface area contributed by atoms with Gasteiger partial charge in [0.2, 0.25) is 0 Å². The fraction of sp³-hybridized carbons (Fsp3) is 0.111. The molecule has 0 saturated carbocycles. The first-order valence-corrected chi connectivity index (χ1v) is 10.1. The molecule has 2 N–H and O–H groups in total. The van der Waals surface area contributed by atoms with Crippen LogP contribution in [0.2, 0.25) is 0 Å². The number of fused-ring (bicyclic) bond motifs is 5. The van der Waals surface area contributed by atoms with Gasteiger partial charge in [0.15, 0.2) is 0 Å². The number of aryl methyl sites for hydroxylation is 1. The molecular weight excluding hydrogens is 388 g/mol. The fourth-order valence-corrected chi connectivity index (χ4v) is 4.22. The third-order valence-electron chi connectivity index (χ3n) is 5.71. The van der Waals surface area contributed by atoms with Crippen LogP contribution in [0.15, 0.2) is 79.4 Å². The van der Waals surface area contributed by atoms with Crippen molar-refractivity contribution in [2.75, 3.05) is 0 Å². The average molecular weight is 410 g/mol. The zero-order valence-corrected chi connectivity index (χ0v) is 17.0. The first kappa shape index (κ1) is 20.4. The second-order valence-corrected chi connectivity index (χ2v) is 7.59. The molecule has 1 aliphatic carbocycles. The van der Waals surface area contributed by atoms with Crippen LogP contribution in [0.4, 0.5) is 0 Å². The molecule has 0 aromatic heterocycles. The quantitative estimate of drug-likeness (QED) is 0.374. The second-order valence-electron chi connectivity index (χ2n) is 7.59.